The lowest BCUT2D eigenvalue weighted by Gasteiger charge is -2.08. The zero-order valence-corrected chi connectivity index (χ0v) is 14.6. The predicted octanol–water partition coefficient (Wildman–Crippen LogP) is 1.40. The molecule has 136 valence electrons. The second kappa shape index (κ2) is 7.83. The number of benzene rings is 1. The number of methoxy groups -OCH3 is 1. The molecular weight excluding hydrogens is 336 g/mol. The molecule has 8 nitrogen and oxygen atoms in total. The van der Waals surface area contributed by atoms with Crippen molar-refractivity contribution in [2.24, 2.45) is 7.05 Å². The average molecular weight is 356 g/mol. The molecule has 0 spiro atoms. The predicted molar refractivity (Wildman–Crippen MR) is 97.4 cm³/mol. The summed E-state index contributed by atoms with van der Waals surface area (Å²) < 4.78 is 13.2. The molecule has 0 unspecified atom stereocenters. The van der Waals surface area contributed by atoms with Crippen molar-refractivity contribution in [3.05, 3.63) is 53.1 Å². The molecule has 0 atom stereocenters. The number of carbonyl (C=O) groups excluding carboxylic acids is 1. The second-order valence-corrected chi connectivity index (χ2v) is 5.69. The maximum atomic E-state index is 12.4. The quantitative estimate of drug-likeness (QED) is 0.647. The standard InChI is InChI=1S/C18H20N4O4/c1-21-14-5-3-4-6-15(14)22(18(21)24)12-16(23)20-13-7-8-17(19-11-13)26-10-9-25-2/h3-8,11H,9-10,12H2,1-2H3,(H,20,23). The van der Waals surface area contributed by atoms with Crippen LogP contribution in [0.5, 0.6) is 5.88 Å². The van der Waals surface area contributed by atoms with Crippen molar-refractivity contribution >= 4 is 22.6 Å². The van der Waals surface area contributed by atoms with Crippen LogP contribution in [0.15, 0.2) is 47.4 Å². The SMILES string of the molecule is COCCOc1ccc(NC(=O)Cn2c(=O)n(C)c3ccccc32)cn1. The van der Waals surface area contributed by atoms with Crippen LogP contribution in [0, 0.1) is 0 Å². The molecule has 3 aromatic rings. The highest BCUT2D eigenvalue weighted by atomic mass is 16.5. The normalized spacial score (nSPS) is 10.8. The van der Waals surface area contributed by atoms with Gasteiger partial charge >= 0.3 is 5.69 Å². The molecule has 0 fully saturated rings. The summed E-state index contributed by atoms with van der Waals surface area (Å²) in [6, 6.07) is 10.7. The summed E-state index contributed by atoms with van der Waals surface area (Å²) in [6.07, 6.45) is 1.51. The molecule has 2 aromatic heterocycles. The molecule has 0 radical (unpaired) electrons. The summed E-state index contributed by atoms with van der Waals surface area (Å²) in [5, 5.41) is 2.74. The highest BCUT2D eigenvalue weighted by Gasteiger charge is 2.13. The van der Waals surface area contributed by atoms with Gasteiger partial charge in [0.2, 0.25) is 11.8 Å². The van der Waals surface area contributed by atoms with E-state index in [1.54, 1.807) is 26.3 Å². The van der Waals surface area contributed by atoms with Gasteiger partial charge in [-0.3, -0.25) is 13.9 Å². The number of rotatable bonds is 7. The third kappa shape index (κ3) is 3.75. The number of nitrogens with one attached hydrogen (secondary N) is 1. The van der Waals surface area contributed by atoms with Crippen LogP contribution in [-0.2, 0) is 23.1 Å². The van der Waals surface area contributed by atoms with Crippen molar-refractivity contribution in [3.63, 3.8) is 0 Å². The molecule has 1 aromatic carbocycles. The van der Waals surface area contributed by atoms with E-state index in [9.17, 15) is 9.59 Å². The largest absolute Gasteiger partial charge is 0.475 e. The van der Waals surface area contributed by atoms with Crippen LogP contribution in [0.25, 0.3) is 11.0 Å². The number of hydrogen-bond acceptors (Lipinski definition) is 5. The van der Waals surface area contributed by atoms with Crippen molar-refractivity contribution in [2.45, 2.75) is 6.54 Å². The maximum absolute atomic E-state index is 12.4. The molecule has 0 saturated heterocycles. The Morgan fingerprint density at radius 2 is 1.92 bits per heavy atom. The molecule has 26 heavy (non-hydrogen) atoms. The smallest absolute Gasteiger partial charge is 0.329 e. The van der Waals surface area contributed by atoms with Crippen molar-refractivity contribution < 1.29 is 14.3 Å². The lowest BCUT2D eigenvalue weighted by molar-refractivity contribution is -0.116. The Labute approximate surface area is 150 Å². The highest BCUT2D eigenvalue weighted by molar-refractivity contribution is 5.91. The lowest BCUT2D eigenvalue weighted by Crippen LogP contribution is -2.28. The van der Waals surface area contributed by atoms with Gasteiger partial charge in [0.15, 0.2) is 0 Å². The van der Waals surface area contributed by atoms with E-state index in [0.717, 1.165) is 11.0 Å². The number of para-hydroxylation sites is 2. The van der Waals surface area contributed by atoms with Crippen LogP contribution in [0.1, 0.15) is 0 Å². The molecule has 0 saturated carbocycles. The number of hydrogen-bond donors (Lipinski definition) is 1. The lowest BCUT2D eigenvalue weighted by atomic mass is 10.3. The number of amides is 1. The summed E-state index contributed by atoms with van der Waals surface area (Å²) in [6.45, 7) is 0.797. The highest BCUT2D eigenvalue weighted by Crippen LogP contribution is 2.13. The van der Waals surface area contributed by atoms with Gasteiger partial charge in [-0.1, -0.05) is 12.1 Å². The number of carbonyl (C=O) groups is 1. The first kappa shape index (κ1) is 17.7. The summed E-state index contributed by atoms with van der Waals surface area (Å²) in [4.78, 5) is 28.8. The molecule has 2 heterocycles. The average Bonchev–Trinajstić information content (AvgIpc) is 2.89. The number of imidazole rings is 1. The molecule has 8 heteroatoms. The Kier molecular flexibility index (Phi) is 5.33. The van der Waals surface area contributed by atoms with Gasteiger partial charge in [0.25, 0.3) is 0 Å². The molecule has 1 N–H and O–H groups in total. The van der Waals surface area contributed by atoms with E-state index in [1.807, 2.05) is 24.3 Å². The molecule has 0 bridgehead atoms. The van der Waals surface area contributed by atoms with Crippen LogP contribution >= 0.6 is 0 Å². The van der Waals surface area contributed by atoms with Crippen molar-refractivity contribution in [2.75, 3.05) is 25.6 Å². The van der Waals surface area contributed by atoms with Crippen molar-refractivity contribution in [1.82, 2.24) is 14.1 Å². The van der Waals surface area contributed by atoms with Gasteiger partial charge in [-0.2, -0.15) is 0 Å². The monoisotopic (exact) mass is 356 g/mol. The zero-order valence-electron chi connectivity index (χ0n) is 14.6. The Balaban J connectivity index is 1.68. The minimum Gasteiger partial charge on any atom is -0.475 e. The van der Waals surface area contributed by atoms with Gasteiger partial charge in [0.05, 0.1) is 29.5 Å². The van der Waals surface area contributed by atoms with Crippen LogP contribution in [0.2, 0.25) is 0 Å². The van der Waals surface area contributed by atoms with Gasteiger partial charge in [-0.25, -0.2) is 9.78 Å². The van der Waals surface area contributed by atoms with E-state index in [-0.39, 0.29) is 18.1 Å². The van der Waals surface area contributed by atoms with E-state index in [0.29, 0.717) is 24.8 Å². The first-order chi connectivity index (χ1) is 12.6. The van der Waals surface area contributed by atoms with Gasteiger partial charge in [-0.15, -0.1) is 0 Å². The third-order valence-electron chi connectivity index (χ3n) is 3.91. The van der Waals surface area contributed by atoms with Crippen LogP contribution in [0.3, 0.4) is 0 Å². The van der Waals surface area contributed by atoms with Crippen molar-refractivity contribution in [1.29, 1.82) is 0 Å². The Hall–Kier alpha value is -3.13. The van der Waals surface area contributed by atoms with Crippen molar-refractivity contribution in [3.8, 4) is 5.88 Å². The van der Waals surface area contributed by atoms with Gasteiger partial charge in [-0.05, 0) is 18.2 Å². The molecule has 3 rings (SSSR count). The Morgan fingerprint density at radius 3 is 2.62 bits per heavy atom. The number of nitrogens with zero attached hydrogens (tertiary/aromatic N) is 3. The maximum Gasteiger partial charge on any atom is 0.329 e. The summed E-state index contributed by atoms with van der Waals surface area (Å²) in [5.41, 5.74) is 1.79. The number of fused-ring (bicyclic) bond motifs is 1. The molecule has 0 aliphatic rings. The van der Waals surface area contributed by atoms with E-state index < -0.39 is 0 Å². The van der Waals surface area contributed by atoms with E-state index >= 15 is 0 Å². The summed E-state index contributed by atoms with van der Waals surface area (Å²) in [5.74, 6) is 0.142. The number of aryl methyl sites for hydroxylation is 1. The first-order valence-corrected chi connectivity index (χ1v) is 8.12. The molecule has 0 aliphatic carbocycles. The van der Waals surface area contributed by atoms with Gasteiger partial charge < -0.3 is 14.8 Å². The fourth-order valence-corrected chi connectivity index (χ4v) is 2.63. The minimum absolute atomic E-state index is 0.0771. The van der Waals surface area contributed by atoms with Crippen LogP contribution in [-0.4, -0.2) is 40.3 Å². The third-order valence-corrected chi connectivity index (χ3v) is 3.91. The number of ether oxygens (including phenoxy) is 2. The van der Waals surface area contributed by atoms with Crippen LogP contribution < -0.4 is 15.7 Å². The van der Waals surface area contributed by atoms with Gasteiger partial charge in [0.1, 0.15) is 13.2 Å². The number of pyridine rings is 1. The van der Waals surface area contributed by atoms with E-state index in [1.165, 1.54) is 15.3 Å². The zero-order chi connectivity index (χ0) is 18.5. The van der Waals surface area contributed by atoms with E-state index in [2.05, 4.69) is 10.3 Å². The molecule has 1 amide bonds. The summed E-state index contributed by atoms with van der Waals surface area (Å²) in [7, 11) is 3.28. The second-order valence-electron chi connectivity index (χ2n) is 5.69. The molecule has 0 aliphatic heterocycles. The fourth-order valence-electron chi connectivity index (χ4n) is 2.63. The molecular formula is C18H20N4O4. The fraction of sp³-hybridized carbons (Fsp3) is 0.278. The minimum atomic E-state index is -0.307. The topological polar surface area (TPSA) is 87.4 Å². The Bertz CT molecular complexity index is 959. The van der Waals surface area contributed by atoms with Crippen LogP contribution in [0.4, 0.5) is 5.69 Å². The Morgan fingerprint density at radius 1 is 1.15 bits per heavy atom. The number of aromatic nitrogens is 3. The first-order valence-electron chi connectivity index (χ1n) is 8.12. The summed E-state index contributed by atoms with van der Waals surface area (Å²) >= 11 is 0. The van der Waals surface area contributed by atoms with E-state index in [4.69, 9.17) is 9.47 Å². The van der Waals surface area contributed by atoms with Gasteiger partial charge in [0, 0.05) is 20.2 Å². The number of anilines is 1.